The van der Waals surface area contributed by atoms with Gasteiger partial charge in [-0.1, -0.05) is 17.9 Å². The minimum atomic E-state index is -3.10. The fourth-order valence-corrected chi connectivity index (χ4v) is 5.33. The largest absolute Gasteiger partial charge is 0.434 e. The standard InChI is InChI=1S/C26H24F2N4O2/c1-26(10-11-29-14-26)9-8-15-6-7-17-18(12-15)32-19-13-20(23(32)30-17)31(2)24(33)16-4-3-5-21(22(16)19)34-25(27)28/h3-7,12,19-20,25,29H,10-11,13-14H2,1-2H3/i2D3. The number of hydrogen-bond donors (Lipinski definition) is 1. The molecule has 3 atom stereocenters. The third-order valence-electron chi connectivity index (χ3n) is 7.03. The zero-order valence-electron chi connectivity index (χ0n) is 21.4. The van der Waals surface area contributed by atoms with E-state index < -0.39 is 31.6 Å². The number of aromatic nitrogens is 2. The van der Waals surface area contributed by atoms with Gasteiger partial charge in [-0.25, -0.2) is 4.98 Å². The van der Waals surface area contributed by atoms with Gasteiger partial charge in [-0.05, 0) is 50.2 Å². The van der Waals surface area contributed by atoms with E-state index >= 15 is 0 Å². The third-order valence-corrected chi connectivity index (χ3v) is 7.03. The van der Waals surface area contributed by atoms with E-state index in [1.54, 1.807) is 0 Å². The molecule has 174 valence electrons. The molecule has 0 aliphatic carbocycles. The molecular formula is C26H24F2N4O2. The Kier molecular flexibility index (Phi) is 3.98. The van der Waals surface area contributed by atoms with Crippen LogP contribution in [0.5, 0.6) is 5.75 Å². The molecule has 2 aromatic carbocycles. The van der Waals surface area contributed by atoms with Crippen molar-refractivity contribution in [3.05, 3.63) is 58.9 Å². The molecule has 2 bridgehead atoms. The van der Waals surface area contributed by atoms with Gasteiger partial charge in [-0.2, -0.15) is 8.78 Å². The van der Waals surface area contributed by atoms with Crippen molar-refractivity contribution in [3.63, 3.8) is 0 Å². The molecule has 0 saturated carbocycles. The highest BCUT2D eigenvalue weighted by Gasteiger charge is 2.45. The van der Waals surface area contributed by atoms with Crippen molar-refractivity contribution in [2.24, 2.45) is 5.41 Å². The molecule has 8 heteroatoms. The van der Waals surface area contributed by atoms with Gasteiger partial charge < -0.3 is 19.5 Å². The fourth-order valence-electron chi connectivity index (χ4n) is 5.33. The van der Waals surface area contributed by atoms with Crippen LogP contribution in [0.15, 0.2) is 36.4 Å². The summed E-state index contributed by atoms with van der Waals surface area (Å²) in [6.07, 6.45) is 1.13. The van der Waals surface area contributed by atoms with Gasteiger partial charge in [-0.3, -0.25) is 4.79 Å². The number of rotatable bonds is 2. The van der Waals surface area contributed by atoms with Gasteiger partial charge >= 0.3 is 6.61 Å². The minimum Gasteiger partial charge on any atom is -0.434 e. The summed E-state index contributed by atoms with van der Waals surface area (Å²) in [6.45, 7) is -2.01. The van der Waals surface area contributed by atoms with Crippen molar-refractivity contribution in [1.29, 1.82) is 0 Å². The molecule has 3 aromatic rings. The molecule has 0 spiro atoms. The number of alkyl halides is 2. The van der Waals surface area contributed by atoms with E-state index in [0.717, 1.165) is 30.0 Å². The number of carbonyl (C=O) groups excluding carboxylic acids is 1. The first-order chi connectivity index (χ1) is 17.6. The second kappa shape index (κ2) is 7.54. The zero-order chi connectivity index (χ0) is 26.1. The molecule has 1 fully saturated rings. The number of nitrogens with zero attached hydrogens (tertiary/aromatic N) is 3. The average molecular weight is 466 g/mol. The van der Waals surface area contributed by atoms with Crippen molar-refractivity contribution in [3.8, 4) is 17.6 Å². The number of carbonyl (C=O) groups is 1. The van der Waals surface area contributed by atoms with E-state index in [1.165, 1.54) is 18.2 Å². The molecule has 3 aliphatic heterocycles. The maximum atomic E-state index is 13.5. The molecule has 1 saturated heterocycles. The summed E-state index contributed by atoms with van der Waals surface area (Å²) in [5.41, 5.74) is 2.22. The van der Waals surface area contributed by atoms with Crippen LogP contribution in [0.4, 0.5) is 8.78 Å². The van der Waals surface area contributed by atoms with E-state index in [1.807, 2.05) is 22.8 Å². The van der Waals surface area contributed by atoms with E-state index in [0.29, 0.717) is 16.9 Å². The van der Waals surface area contributed by atoms with Gasteiger partial charge in [0.25, 0.3) is 5.91 Å². The Morgan fingerprint density at radius 2 is 2.21 bits per heavy atom. The molecule has 1 aromatic heterocycles. The summed E-state index contributed by atoms with van der Waals surface area (Å²) >= 11 is 0. The quantitative estimate of drug-likeness (QED) is 0.579. The lowest BCUT2D eigenvalue weighted by molar-refractivity contribution is -0.0507. The van der Waals surface area contributed by atoms with Crippen molar-refractivity contribution < 1.29 is 22.4 Å². The lowest BCUT2D eigenvalue weighted by Crippen LogP contribution is -2.30. The predicted octanol–water partition coefficient (Wildman–Crippen LogP) is 4.11. The summed E-state index contributed by atoms with van der Waals surface area (Å²) < 4.78 is 57.7. The van der Waals surface area contributed by atoms with Crippen LogP contribution < -0.4 is 10.1 Å². The Balaban J connectivity index is 1.56. The first-order valence-electron chi connectivity index (χ1n) is 12.7. The molecule has 0 radical (unpaired) electrons. The number of nitrogens with one attached hydrogen (secondary N) is 1. The maximum absolute atomic E-state index is 13.5. The van der Waals surface area contributed by atoms with Crippen molar-refractivity contribution >= 4 is 16.9 Å². The molecule has 1 N–H and O–H groups in total. The zero-order valence-corrected chi connectivity index (χ0v) is 18.4. The van der Waals surface area contributed by atoms with Gasteiger partial charge in [0.2, 0.25) is 0 Å². The fraction of sp³-hybridized carbons (Fsp3) is 0.385. The number of hydrogen-bond acceptors (Lipinski definition) is 4. The summed E-state index contributed by atoms with van der Waals surface area (Å²) in [4.78, 5) is 19.0. The van der Waals surface area contributed by atoms with E-state index in [4.69, 9.17) is 13.8 Å². The smallest absolute Gasteiger partial charge is 0.387 e. The number of ether oxygens (including phenoxy) is 1. The minimum absolute atomic E-state index is 0.0341. The van der Waals surface area contributed by atoms with Crippen LogP contribution in [0.25, 0.3) is 11.0 Å². The molecule has 1 amide bonds. The lowest BCUT2D eigenvalue weighted by atomic mass is 9.90. The third kappa shape index (κ3) is 3.18. The number of amides is 1. The second-order valence-corrected chi connectivity index (χ2v) is 9.32. The summed E-state index contributed by atoms with van der Waals surface area (Å²) in [6, 6.07) is 8.34. The van der Waals surface area contributed by atoms with E-state index in [2.05, 4.69) is 24.1 Å². The van der Waals surface area contributed by atoms with Crippen molar-refractivity contribution in [2.75, 3.05) is 20.1 Å². The normalized spacial score (nSPS) is 26.9. The maximum Gasteiger partial charge on any atom is 0.387 e. The Labute approximate surface area is 200 Å². The highest BCUT2D eigenvalue weighted by atomic mass is 19.3. The SMILES string of the molecule is [2H]C([2H])([2H])N1C(=O)c2cccc(OC(F)F)c2C2CC1c1nc3ccc(C#CC4(C)CCNC4)cc3n12. The van der Waals surface area contributed by atoms with Crippen LogP contribution in [-0.4, -0.2) is 47.0 Å². The highest BCUT2D eigenvalue weighted by molar-refractivity contribution is 5.97. The topological polar surface area (TPSA) is 59.4 Å². The first-order valence-corrected chi connectivity index (χ1v) is 11.2. The van der Waals surface area contributed by atoms with Crippen LogP contribution in [-0.2, 0) is 0 Å². The summed E-state index contributed by atoms with van der Waals surface area (Å²) in [7, 11) is 0. The van der Waals surface area contributed by atoms with Gasteiger partial charge in [0.1, 0.15) is 11.6 Å². The van der Waals surface area contributed by atoms with Crippen LogP contribution in [0, 0.1) is 17.3 Å². The molecule has 3 unspecified atom stereocenters. The predicted molar refractivity (Wildman–Crippen MR) is 123 cm³/mol. The first kappa shape index (κ1) is 18.0. The molecular weight excluding hydrogens is 438 g/mol. The number of halogens is 2. The second-order valence-electron chi connectivity index (χ2n) is 9.32. The van der Waals surface area contributed by atoms with Crippen molar-refractivity contribution in [1.82, 2.24) is 19.8 Å². The Hall–Kier alpha value is -3.44. The molecule has 34 heavy (non-hydrogen) atoms. The number of benzene rings is 2. The van der Waals surface area contributed by atoms with Gasteiger partial charge in [0.05, 0.1) is 23.1 Å². The van der Waals surface area contributed by atoms with Gasteiger partial charge in [0, 0.05) is 46.2 Å². The van der Waals surface area contributed by atoms with E-state index in [9.17, 15) is 13.6 Å². The number of imidazole rings is 1. The molecule has 3 aliphatic rings. The monoisotopic (exact) mass is 465 g/mol. The van der Waals surface area contributed by atoms with Crippen LogP contribution in [0.2, 0.25) is 0 Å². The average Bonchev–Trinajstić information content (AvgIpc) is 3.49. The van der Waals surface area contributed by atoms with Crippen molar-refractivity contribution in [2.45, 2.75) is 38.5 Å². The van der Waals surface area contributed by atoms with Gasteiger partial charge in [-0.15, -0.1) is 0 Å². The Morgan fingerprint density at radius 1 is 1.32 bits per heavy atom. The summed E-state index contributed by atoms with van der Waals surface area (Å²) in [5, 5.41) is 3.33. The Morgan fingerprint density at radius 3 is 2.97 bits per heavy atom. The molecule has 4 heterocycles. The van der Waals surface area contributed by atoms with E-state index in [-0.39, 0.29) is 28.7 Å². The highest BCUT2D eigenvalue weighted by Crippen LogP contribution is 2.49. The lowest BCUT2D eigenvalue weighted by Gasteiger charge is -2.24. The van der Waals surface area contributed by atoms with Crippen LogP contribution in [0.3, 0.4) is 0 Å². The van der Waals surface area contributed by atoms with Crippen LogP contribution >= 0.6 is 0 Å². The molecule has 6 rings (SSSR count). The van der Waals surface area contributed by atoms with Gasteiger partial charge in [0.15, 0.2) is 0 Å². The summed E-state index contributed by atoms with van der Waals surface area (Å²) in [5.74, 6) is 6.12. The molecule has 6 nitrogen and oxygen atoms in total. The number of fused-ring (bicyclic) bond motifs is 9. The van der Waals surface area contributed by atoms with Crippen LogP contribution in [0.1, 0.15) is 63.3 Å². The Bertz CT molecular complexity index is 1480.